The predicted octanol–water partition coefficient (Wildman–Crippen LogP) is 0.286. The van der Waals surface area contributed by atoms with E-state index in [9.17, 15) is 4.79 Å². The second kappa shape index (κ2) is 17.7. The Morgan fingerprint density at radius 2 is 1.38 bits per heavy atom. The first-order chi connectivity index (χ1) is 9.63. The van der Waals surface area contributed by atoms with Gasteiger partial charge in [-0.3, -0.25) is 25.7 Å². The first-order valence-corrected chi connectivity index (χ1v) is 6.56. The van der Waals surface area contributed by atoms with E-state index in [4.69, 9.17) is 37.9 Å². The lowest BCUT2D eigenvalue weighted by Crippen LogP contribution is -2.39. The molecule has 0 unspecified atom stereocenters. The molecule has 21 heavy (non-hydrogen) atoms. The molecule has 0 bridgehead atoms. The number of rotatable bonds is 6. The summed E-state index contributed by atoms with van der Waals surface area (Å²) in [6.07, 6.45) is 6.44. The highest BCUT2D eigenvalue weighted by Gasteiger charge is 1.92. The fraction of sp³-hybridized carbons (Fsp3) is 0.667. The van der Waals surface area contributed by atoms with Crippen molar-refractivity contribution in [2.75, 3.05) is 0 Å². The maximum absolute atomic E-state index is 10.3. The van der Waals surface area contributed by atoms with E-state index in [0.29, 0.717) is 6.42 Å². The zero-order chi connectivity index (χ0) is 17.3. The van der Waals surface area contributed by atoms with Crippen LogP contribution in [0.2, 0.25) is 0 Å². The average molecular weight is 304 g/mol. The minimum Gasteiger partial charge on any atom is -0.481 e. The van der Waals surface area contributed by atoms with E-state index in [1.165, 1.54) is 19.3 Å². The Hall–Kier alpha value is -2.32. The summed E-state index contributed by atoms with van der Waals surface area (Å²) >= 11 is 0. The lowest BCUT2D eigenvalue weighted by molar-refractivity contribution is -0.134. The van der Waals surface area contributed by atoms with Gasteiger partial charge in [0, 0.05) is 13.3 Å². The number of unbranched alkanes of at least 4 members (excludes halogenated alkanes) is 4. The average Bonchev–Trinajstić information content (AvgIpc) is 2.26. The lowest BCUT2D eigenvalue weighted by Gasteiger charge is -1.95. The van der Waals surface area contributed by atoms with Crippen molar-refractivity contribution in [3.63, 3.8) is 0 Å². The van der Waals surface area contributed by atoms with Gasteiger partial charge in [-0.05, 0) is 6.42 Å². The van der Waals surface area contributed by atoms with Gasteiger partial charge < -0.3 is 22.3 Å². The highest BCUT2D eigenvalue weighted by molar-refractivity contribution is 5.93. The molecule has 0 aliphatic heterocycles. The van der Waals surface area contributed by atoms with Crippen molar-refractivity contribution in [2.45, 2.75) is 52.4 Å². The standard InChI is InChI=1S/C8H17NO.C2H7N5.C2H4O2/c1-2-3-4-5-6-7-8(9)10;3-1(4)7-2(5)6;1-2(3)4/h2-7H2,1H3,(H2,9,10);(H7,3,4,5,6,7);1H3,(H,3,4). The zero-order valence-electron chi connectivity index (χ0n) is 12.7. The molecule has 0 aliphatic rings. The van der Waals surface area contributed by atoms with Crippen molar-refractivity contribution >= 4 is 23.8 Å². The van der Waals surface area contributed by atoms with Crippen molar-refractivity contribution in [1.82, 2.24) is 5.32 Å². The number of hydrogen-bond acceptors (Lipinski definition) is 4. The fourth-order valence-electron chi connectivity index (χ4n) is 1.05. The molecule has 0 spiro atoms. The smallest absolute Gasteiger partial charge is 0.300 e. The number of hydrogen-bond donors (Lipinski definition) is 7. The molecular formula is C12H28N6O3. The monoisotopic (exact) mass is 304 g/mol. The molecule has 9 nitrogen and oxygen atoms in total. The van der Waals surface area contributed by atoms with E-state index in [1.54, 1.807) is 0 Å². The number of nitrogens with two attached hydrogens (primary N) is 3. The molecule has 0 atom stereocenters. The quantitative estimate of drug-likeness (QED) is 0.209. The lowest BCUT2D eigenvalue weighted by atomic mass is 10.1. The summed E-state index contributed by atoms with van der Waals surface area (Å²) in [6, 6.07) is 0. The van der Waals surface area contributed by atoms with Crippen LogP contribution in [0.1, 0.15) is 52.4 Å². The summed E-state index contributed by atoms with van der Waals surface area (Å²) in [5.41, 5.74) is 14.5. The van der Waals surface area contributed by atoms with Crippen molar-refractivity contribution in [3.05, 3.63) is 0 Å². The molecule has 0 rings (SSSR count). The summed E-state index contributed by atoms with van der Waals surface area (Å²) in [6.45, 7) is 3.26. The number of guanidine groups is 2. The van der Waals surface area contributed by atoms with Crippen LogP contribution in [-0.4, -0.2) is 28.9 Å². The Labute approximate surface area is 125 Å². The molecule has 0 aromatic heterocycles. The van der Waals surface area contributed by atoms with Crippen LogP contribution >= 0.6 is 0 Å². The fourth-order valence-corrected chi connectivity index (χ4v) is 1.05. The van der Waals surface area contributed by atoms with Crippen LogP contribution in [0.5, 0.6) is 0 Å². The molecule has 0 saturated carbocycles. The topological polar surface area (TPSA) is 192 Å². The number of carboxylic acid groups (broad SMARTS) is 1. The van der Waals surface area contributed by atoms with Crippen molar-refractivity contribution < 1.29 is 14.7 Å². The van der Waals surface area contributed by atoms with Crippen LogP contribution in [0.3, 0.4) is 0 Å². The van der Waals surface area contributed by atoms with Crippen molar-refractivity contribution in [3.8, 4) is 0 Å². The summed E-state index contributed by atoms with van der Waals surface area (Å²) in [4.78, 5) is 19.3. The molecule has 0 radical (unpaired) electrons. The van der Waals surface area contributed by atoms with Crippen LogP contribution in [0.15, 0.2) is 0 Å². The Bertz CT molecular complexity index is 304. The highest BCUT2D eigenvalue weighted by Crippen LogP contribution is 2.03. The number of carbonyl (C=O) groups is 2. The number of nitrogens with one attached hydrogen (secondary N) is 3. The van der Waals surface area contributed by atoms with Gasteiger partial charge in [-0.15, -0.1) is 0 Å². The van der Waals surface area contributed by atoms with E-state index in [1.807, 2.05) is 5.32 Å². The third-order valence-electron chi connectivity index (χ3n) is 1.80. The third kappa shape index (κ3) is 57.7. The van der Waals surface area contributed by atoms with Gasteiger partial charge in [0.15, 0.2) is 11.9 Å². The van der Waals surface area contributed by atoms with E-state index < -0.39 is 5.97 Å². The van der Waals surface area contributed by atoms with Gasteiger partial charge in [-0.25, -0.2) is 0 Å². The Balaban J connectivity index is -0.000000256. The maximum atomic E-state index is 10.3. The second-order valence-corrected chi connectivity index (χ2v) is 4.10. The van der Waals surface area contributed by atoms with E-state index in [0.717, 1.165) is 19.8 Å². The number of aliphatic carboxylic acids is 1. The molecule has 0 aromatic carbocycles. The Morgan fingerprint density at radius 1 is 1.00 bits per heavy atom. The largest absolute Gasteiger partial charge is 0.481 e. The molecule has 0 fully saturated rings. The Kier molecular flexibility index (Phi) is 20.0. The molecular weight excluding hydrogens is 276 g/mol. The third-order valence-corrected chi connectivity index (χ3v) is 1.80. The molecule has 1 amide bonds. The van der Waals surface area contributed by atoms with Gasteiger partial charge in [0.05, 0.1) is 0 Å². The van der Waals surface area contributed by atoms with Crippen molar-refractivity contribution in [1.29, 1.82) is 10.8 Å². The van der Waals surface area contributed by atoms with E-state index in [-0.39, 0.29) is 17.8 Å². The molecule has 9 heteroatoms. The number of amides is 1. The summed E-state index contributed by atoms with van der Waals surface area (Å²) in [7, 11) is 0. The van der Waals surface area contributed by atoms with Crippen molar-refractivity contribution in [2.24, 2.45) is 17.2 Å². The van der Waals surface area contributed by atoms with Gasteiger partial charge in [0.25, 0.3) is 5.97 Å². The maximum Gasteiger partial charge on any atom is 0.300 e. The summed E-state index contributed by atoms with van der Waals surface area (Å²) in [5.74, 6) is -1.63. The molecule has 0 aromatic rings. The number of carboxylic acids is 1. The van der Waals surface area contributed by atoms with Crippen LogP contribution in [0, 0.1) is 10.8 Å². The van der Waals surface area contributed by atoms with Crippen LogP contribution in [0.4, 0.5) is 0 Å². The van der Waals surface area contributed by atoms with E-state index in [2.05, 4.69) is 6.92 Å². The minimum absolute atomic E-state index is 0.170. The molecule has 0 saturated heterocycles. The normalized spacial score (nSPS) is 8.29. The summed E-state index contributed by atoms with van der Waals surface area (Å²) < 4.78 is 0. The van der Waals surface area contributed by atoms with Gasteiger partial charge in [-0.1, -0.05) is 32.6 Å². The minimum atomic E-state index is -0.833. The molecule has 10 N–H and O–H groups in total. The highest BCUT2D eigenvalue weighted by atomic mass is 16.4. The molecule has 0 aliphatic carbocycles. The second-order valence-electron chi connectivity index (χ2n) is 4.10. The van der Waals surface area contributed by atoms with Gasteiger partial charge in [0.1, 0.15) is 0 Å². The Morgan fingerprint density at radius 3 is 1.62 bits per heavy atom. The first-order valence-electron chi connectivity index (χ1n) is 6.56. The van der Waals surface area contributed by atoms with Crippen LogP contribution < -0.4 is 22.5 Å². The van der Waals surface area contributed by atoms with Crippen LogP contribution in [-0.2, 0) is 9.59 Å². The number of carbonyl (C=O) groups excluding carboxylic acids is 1. The van der Waals surface area contributed by atoms with Gasteiger partial charge >= 0.3 is 0 Å². The zero-order valence-corrected chi connectivity index (χ0v) is 12.7. The van der Waals surface area contributed by atoms with Gasteiger partial charge in [-0.2, -0.15) is 0 Å². The first kappa shape index (κ1) is 23.7. The van der Waals surface area contributed by atoms with E-state index >= 15 is 0 Å². The molecule has 0 heterocycles. The summed E-state index contributed by atoms with van der Waals surface area (Å²) in [5, 5.41) is 22.4. The molecule has 124 valence electrons. The van der Waals surface area contributed by atoms with Gasteiger partial charge in [0.2, 0.25) is 5.91 Å². The SMILES string of the molecule is CC(=O)O.CCCCCCCC(N)=O.N=C(N)NC(=N)N. The van der Waals surface area contributed by atoms with Crippen LogP contribution in [0.25, 0.3) is 0 Å². The number of primary amides is 1. The predicted molar refractivity (Wildman–Crippen MR) is 82.8 cm³/mol.